The van der Waals surface area contributed by atoms with Gasteiger partial charge in [0, 0.05) is 31.2 Å². The fourth-order valence-electron chi connectivity index (χ4n) is 1.95. The Morgan fingerprint density at radius 3 is 2.70 bits per heavy atom. The molecule has 0 aromatic carbocycles. The Balaban J connectivity index is 1.96. The van der Waals surface area contributed by atoms with Crippen molar-refractivity contribution in [3.05, 3.63) is 42.5 Å². The topological polar surface area (TPSA) is 72.1 Å². The molecule has 2 N–H and O–H groups in total. The molecule has 0 bridgehead atoms. The molecule has 6 heteroatoms. The van der Waals surface area contributed by atoms with Crippen molar-refractivity contribution in [1.29, 1.82) is 0 Å². The Bertz CT molecular complexity index is 572. The second-order valence-electron chi connectivity index (χ2n) is 5.20. The fraction of sp³-hybridized carbons (Fsp3) is 0.429. The Morgan fingerprint density at radius 1 is 1.50 bits per heavy atom. The molecule has 2 heterocycles. The number of hydrogen-bond donors (Lipinski definition) is 2. The first-order valence-corrected chi connectivity index (χ1v) is 6.52. The molecule has 108 valence electrons. The summed E-state index contributed by atoms with van der Waals surface area (Å²) in [5.74, 6) is -0.134. The number of hydrogen-bond acceptors (Lipinski definition) is 3. The van der Waals surface area contributed by atoms with E-state index < -0.39 is 5.60 Å². The summed E-state index contributed by atoms with van der Waals surface area (Å²) in [6.45, 7) is 3.61. The van der Waals surface area contributed by atoms with Crippen molar-refractivity contribution < 1.29 is 9.90 Å². The molecule has 2 atom stereocenters. The second-order valence-corrected chi connectivity index (χ2v) is 5.20. The standard InChI is InChI=1S/C14H20N4O2/c1-11(18-6-4-5-7-18)13(19)15-10-14(2,20)12-8-16-17(3)9-12/h4-9,11,20H,10H2,1-3H3,(H,15,19). The minimum absolute atomic E-state index is 0.134. The highest BCUT2D eigenvalue weighted by Crippen LogP contribution is 2.18. The quantitative estimate of drug-likeness (QED) is 0.848. The molecular formula is C14H20N4O2. The molecule has 2 unspecified atom stereocenters. The zero-order valence-electron chi connectivity index (χ0n) is 11.9. The smallest absolute Gasteiger partial charge is 0.242 e. The molecule has 0 aliphatic heterocycles. The molecule has 0 saturated carbocycles. The largest absolute Gasteiger partial charge is 0.383 e. The second kappa shape index (κ2) is 5.50. The molecule has 20 heavy (non-hydrogen) atoms. The first-order valence-electron chi connectivity index (χ1n) is 6.52. The molecule has 2 rings (SSSR count). The van der Waals surface area contributed by atoms with Crippen molar-refractivity contribution in [3.8, 4) is 0 Å². The fourth-order valence-corrected chi connectivity index (χ4v) is 1.95. The minimum atomic E-state index is -1.14. The van der Waals surface area contributed by atoms with Crippen LogP contribution in [0, 0.1) is 0 Å². The van der Waals surface area contributed by atoms with E-state index in [1.807, 2.05) is 36.0 Å². The Labute approximate surface area is 118 Å². The van der Waals surface area contributed by atoms with E-state index in [2.05, 4.69) is 10.4 Å². The van der Waals surface area contributed by atoms with Gasteiger partial charge in [-0.2, -0.15) is 5.10 Å². The van der Waals surface area contributed by atoms with Gasteiger partial charge in [-0.15, -0.1) is 0 Å². The van der Waals surface area contributed by atoms with Gasteiger partial charge in [0.05, 0.1) is 12.7 Å². The predicted octanol–water partition coefficient (Wildman–Crippen LogP) is 0.806. The predicted molar refractivity (Wildman–Crippen MR) is 74.9 cm³/mol. The summed E-state index contributed by atoms with van der Waals surface area (Å²) in [6.07, 6.45) is 7.01. The lowest BCUT2D eigenvalue weighted by molar-refractivity contribution is -0.125. The summed E-state index contributed by atoms with van der Waals surface area (Å²) >= 11 is 0. The van der Waals surface area contributed by atoms with Crippen molar-refractivity contribution in [2.75, 3.05) is 6.54 Å². The van der Waals surface area contributed by atoms with Crippen LogP contribution < -0.4 is 5.32 Å². The average Bonchev–Trinajstić information content (AvgIpc) is 3.06. The van der Waals surface area contributed by atoms with E-state index in [0.29, 0.717) is 5.56 Å². The van der Waals surface area contributed by atoms with E-state index in [9.17, 15) is 9.90 Å². The van der Waals surface area contributed by atoms with Crippen LogP contribution in [0.5, 0.6) is 0 Å². The molecule has 2 aromatic rings. The first kappa shape index (κ1) is 14.3. The zero-order valence-corrected chi connectivity index (χ0v) is 11.9. The number of carbonyl (C=O) groups excluding carboxylic acids is 1. The van der Waals surface area contributed by atoms with E-state index in [1.54, 1.807) is 31.0 Å². The number of amides is 1. The lowest BCUT2D eigenvalue weighted by Crippen LogP contribution is -2.40. The van der Waals surface area contributed by atoms with Crippen LogP contribution in [-0.2, 0) is 17.4 Å². The number of aryl methyl sites for hydroxylation is 1. The third-order valence-corrected chi connectivity index (χ3v) is 3.39. The summed E-state index contributed by atoms with van der Waals surface area (Å²) in [5.41, 5.74) is -0.464. The van der Waals surface area contributed by atoms with Crippen LogP contribution in [-0.4, -0.2) is 31.9 Å². The van der Waals surface area contributed by atoms with Crippen molar-refractivity contribution in [3.63, 3.8) is 0 Å². The van der Waals surface area contributed by atoms with Crippen molar-refractivity contribution in [2.45, 2.75) is 25.5 Å². The summed E-state index contributed by atoms with van der Waals surface area (Å²) in [5, 5.41) is 17.2. The molecule has 0 aliphatic carbocycles. The van der Waals surface area contributed by atoms with Gasteiger partial charge in [-0.25, -0.2) is 0 Å². The van der Waals surface area contributed by atoms with Crippen molar-refractivity contribution >= 4 is 5.91 Å². The van der Waals surface area contributed by atoms with Crippen LogP contribution in [0.2, 0.25) is 0 Å². The number of aromatic nitrogens is 3. The maximum Gasteiger partial charge on any atom is 0.242 e. The maximum atomic E-state index is 12.1. The molecule has 0 radical (unpaired) electrons. The molecule has 0 fully saturated rings. The monoisotopic (exact) mass is 276 g/mol. The van der Waals surface area contributed by atoms with E-state index >= 15 is 0 Å². The zero-order chi connectivity index (χ0) is 14.8. The number of rotatable bonds is 5. The van der Waals surface area contributed by atoms with Crippen LogP contribution in [0.15, 0.2) is 36.9 Å². The highest BCUT2D eigenvalue weighted by atomic mass is 16.3. The summed E-state index contributed by atoms with van der Waals surface area (Å²) in [4.78, 5) is 12.1. The molecule has 2 aromatic heterocycles. The third-order valence-electron chi connectivity index (χ3n) is 3.39. The summed E-state index contributed by atoms with van der Waals surface area (Å²) < 4.78 is 3.43. The third kappa shape index (κ3) is 3.08. The SMILES string of the molecule is CC(C(=O)NCC(C)(O)c1cnn(C)c1)n1cccc1. The van der Waals surface area contributed by atoms with Crippen molar-refractivity contribution in [2.24, 2.45) is 7.05 Å². The maximum absolute atomic E-state index is 12.1. The van der Waals surface area contributed by atoms with Crippen LogP contribution in [0.4, 0.5) is 0 Å². The molecule has 0 saturated heterocycles. The lowest BCUT2D eigenvalue weighted by atomic mass is 9.99. The Hall–Kier alpha value is -2.08. The van der Waals surface area contributed by atoms with E-state index in [-0.39, 0.29) is 18.5 Å². The van der Waals surface area contributed by atoms with Crippen molar-refractivity contribution in [1.82, 2.24) is 19.7 Å². The number of carbonyl (C=O) groups is 1. The Kier molecular flexibility index (Phi) is 3.94. The summed E-state index contributed by atoms with van der Waals surface area (Å²) in [7, 11) is 1.78. The van der Waals surface area contributed by atoms with E-state index in [4.69, 9.17) is 0 Å². The molecule has 1 amide bonds. The van der Waals surface area contributed by atoms with E-state index in [1.165, 1.54) is 0 Å². The van der Waals surface area contributed by atoms with Gasteiger partial charge in [-0.3, -0.25) is 9.48 Å². The first-order chi connectivity index (χ1) is 9.40. The van der Waals surface area contributed by atoms with Gasteiger partial charge in [0.1, 0.15) is 11.6 Å². The number of aliphatic hydroxyl groups is 1. The van der Waals surface area contributed by atoms with E-state index in [0.717, 1.165) is 0 Å². The van der Waals surface area contributed by atoms with Gasteiger partial charge in [0.2, 0.25) is 5.91 Å². The van der Waals surface area contributed by atoms with Gasteiger partial charge in [0.15, 0.2) is 0 Å². The normalized spacial score (nSPS) is 15.6. The molecule has 6 nitrogen and oxygen atoms in total. The van der Waals surface area contributed by atoms with Gasteiger partial charge in [-0.05, 0) is 26.0 Å². The highest BCUT2D eigenvalue weighted by Gasteiger charge is 2.26. The van der Waals surface area contributed by atoms with Gasteiger partial charge in [0.25, 0.3) is 0 Å². The number of nitrogens with one attached hydrogen (secondary N) is 1. The van der Waals surface area contributed by atoms with Gasteiger partial charge in [-0.1, -0.05) is 0 Å². The molecule has 0 spiro atoms. The van der Waals surface area contributed by atoms with Crippen LogP contribution in [0.1, 0.15) is 25.5 Å². The van der Waals surface area contributed by atoms with Gasteiger partial charge < -0.3 is 15.0 Å². The molecule has 0 aliphatic rings. The Morgan fingerprint density at radius 2 is 2.15 bits per heavy atom. The van der Waals surface area contributed by atoms with Crippen LogP contribution >= 0.6 is 0 Å². The minimum Gasteiger partial charge on any atom is -0.383 e. The van der Waals surface area contributed by atoms with Crippen LogP contribution in [0.25, 0.3) is 0 Å². The number of nitrogens with zero attached hydrogens (tertiary/aromatic N) is 3. The van der Waals surface area contributed by atoms with Crippen LogP contribution in [0.3, 0.4) is 0 Å². The lowest BCUT2D eigenvalue weighted by Gasteiger charge is -2.23. The highest BCUT2D eigenvalue weighted by molar-refractivity contribution is 5.79. The van der Waals surface area contributed by atoms with Gasteiger partial charge >= 0.3 is 0 Å². The summed E-state index contributed by atoms with van der Waals surface area (Å²) in [6, 6.07) is 3.43. The molecular weight excluding hydrogens is 256 g/mol. The average molecular weight is 276 g/mol.